The molecular formula is C16H20NO3+. The highest BCUT2D eigenvalue weighted by Crippen LogP contribution is 2.32. The van der Waals surface area contributed by atoms with Gasteiger partial charge in [-0.2, -0.15) is 0 Å². The Bertz CT molecular complexity index is 544. The first-order valence-corrected chi connectivity index (χ1v) is 7.24. The number of hydrogen-bond donors (Lipinski definition) is 1. The average molecular weight is 274 g/mol. The van der Waals surface area contributed by atoms with Crippen LogP contribution in [0.1, 0.15) is 49.8 Å². The number of rotatable bonds is 4. The first-order valence-electron chi connectivity index (χ1n) is 7.24. The number of hydrogen-bond acceptors (Lipinski definition) is 3. The van der Waals surface area contributed by atoms with Gasteiger partial charge in [-0.3, -0.25) is 4.79 Å². The molecule has 4 heteroatoms. The SMILES string of the molecule is CCC[C@H]1C(=O)C[C@@H](c2ccco2)[NH2+][C@H]1c1ccco1. The lowest BCUT2D eigenvalue weighted by Crippen LogP contribution is -2.90. The number of Topliss-reactive ketones (excluding diaryl/α,β-unsaturated/α-hetero) is 1. The molecule has 0 aliphatic carbocycles. The van der Waals surface area contributed by atoms with Crippen LogP contribution < -0.4 is 5.32 Å². The predicted molar refractivity (Wildman–Crippen MR) is 72.8 cm³/mol. The van der Waals surface area contributed by atoms with Gasteiger partial charge in [-0.15, -0.1) is 0 Å². The average Bonchev–Trinajstić information content (AvgIpc) is 3.14. The summed E-state index contributed by atoms with van der Waals surface area (Å²) in [6, 6.07) is 7.76. The van der Waals surface area contributed by atoms with Gasteiger partial charge in [0.05, 0.1) is 24.9 Å². The van der Waals surface area contributed by atoms with Gasteiger partial charge in [-0.05, 0) is 30.7 Å². The first kappa shape index (κ1) is 13.2. The fourth-order valence-electron chi connectivity index (χ4n) is 3.14. The van der Waals surface area contributed by atoms with Gasteiger partial charge in [0.1, 0.15) is 5.78 Å². The Hall–Kier alpha value is -1.81. The highest BCUT2D eigenvalue weighted by molar-refractivity contribution is 5.82. The zero-order valence-corrected chi connectivity index (χ0v) is 11.6. The molecule has 1 fully saturated rings. The Morgan fingerprint density at radius 2 is 1.90 bits per heavy atom. The van der Waals surface area contributed by atoms with Crippen LogP contribution >= 0.6 is 0 Å². The van der Waals surface area contributed by atoms with Gasteiger partial charge in [0.2, 0.25) is 0 Å². The molecule has 0 unspecified atom stereocenters. The summed E-state index contributed by atoms with van der Waals surface area (Å²) in [5.74, 6) is 2.10. The van der Waals surface area contributed by atoms with E-state index in [1.165, 1.54) is 0 Å². The van der Waals surface area contributed by atoms with Crippen LogP contribution in [0, 0.1) is 5.92 Å². The summed E-state index contributed by atoms with van der Waals surface area (Å²) < 4.78 is 11.0. The van der Waals surface area contributed by atoms with Crippen LogP contribution in [0.15, 0.2) is 45.6 Å². The van der Waals surface area contributed by atoms with E-state index in [1.807, 2.05) is 24.3 Å². The minimum absolute atomic E-state index is 0.0392. The molecule has 1 aliphatic heterocycles. The zero-order valence-electron chi connectivity index (χ0n) is 11.6. The zero-order chi connectivity index (χ0) is 13.9. The smallest absolute Gasteiger partial charge is 0.161 e. The van der Waals surface area contributed by atoms with E-state index >= 15 is 0 Å². The highest BCUT2D eigenvalue weighted by Gasteiger charge is 2.42. The minimum Gasteiger partial charge on any atom is -0.463 e. The van der Waals surface area contributed by atoms with Crippen LogP contribution in [0.4, 0.5) is 0 Å². The van der Waals surface area contributed by atoms with Crippen molar-refractivity contribution in [3.05, 3.63) is 48.3 Å². The maximum absolute atomic E-state index is 12.5. The van der Waals surface area contributed by atoms with Gasteiger partial charge in [-0.25, -0.2) is 0 Å². The monoisotopic (exact) mass is 274 g/mol. The van der Waals surface area contributed by atoms with Crippen LogP contribution in [-0.4, -0.2) is 5.78 Å². The molecule has 2 aromatic heterocycles. The third kappa shape index (κ3) is 2.43. The Morgan fingerprint density at radius 3 is 2.50 bits per heavy atom. The van der Waals surface area contributed by atoms with Crippen molar-refractivity contribution >= 4 is 5.78 Å². The maximum atomic E-state index is 12.5. The molecule has 1 saturated heterocycles. The number of carbonyl (C=O) groups excluding carboxylic acids is 1. The second kappa shape index (κ2) is 5.67. The Balaban J connectivity index is 1.87. The molecule has 3 atom stereocenters. The third-order valence-corrected chi connectivity index (χ3v) is 4.09. The molecule has 0 bridgehead atoms. The van der Waals surface area contributed by atoms with E-state index in [4.69, 9.17) is 8.83 Å². The summed E-state index contributed by atoms with van der Waals surface area (Å²) in [6.45, 7) is 2.12. The largest absolute Gasteiger partial charge is 0.463 e. The normalized spacial score (nSPS) is 26.9. The lowest BCUT2D eigenvalue weighted by molar-refractivity contribution is -0.746. The molecule has 0 aromatic carbocycles. The van der Waals surface area contributed by atoms with Crippen molar-refractivity contribution in [2.45, 2.75) is 38.3 Å². The van der Waals surface area contributed by atoms with E-state index in [9.17, 15) is 4.79 Å². The summed E-state index contributed by atoms with van der Waals surface area (Å²) in [5, 5.41) is 2.22. The molecule has 4 nitrogen and oxygen atoms in total. The van der Waals surface area contributed by atoms with Crippen molar-refractivity contribution in [2.75, 3.05) is 0 Å². The maximum Gasteiger partial charge on any atom is 0.161 e. The number of nitrogens with two attached hydrogens (primary N) is 1. The van der Waals surface area contributed by atoms with Gasteiger partial charge in [-0.1, -0.05) is 13.3 Å². The van der Waals surface area contributed by atoms with Crippen molar-refractivity contribution in [1.29, 1.82) is 0 Å². The van der Waals surface area contributed by atoms with Gasteiger partial charge in [0.15, 0.2) is 23.6 Å². The summed E-state index contributed by atoms with van der Waals surface area (Å²) in [7, 11) is 0. The second-order valence-electron chi connectivity index (χ2n) is 5.42. The molecule has 2 N–H and O–H groups in total. The Labute approximate surface area is 118 Å². The van der Waals surface area contributed by atoms with Crippen molar-refractivity contribution in [1.82, 2.24) is 0 Å². The molecule has 1 aliphatic rings. The highest BCUT2D eigenvalue weighted by atomic mass is 16.3. The molecule has 0 saturated carbocycles. The van der Waals surface area contributed by atoms with Gasteiger partial charge in [0, 0.05) is 0 Å². The van der Waals surface area contributed by atoms with Crippen molar-refractivity contribution in [3.8, 4) is 0 Å². The molecule has 106 valence electrons. The van der Waals surface area contributed by atoms with Crippen LogP contribution in [0.5, 0.6) is 0 Å². The molecule has 20 heavy (non-hydrogen) atoms. The van der Waals surface area contributed by atoms with Crippen molar-refractivity contribution in [2.24, 2.45) is 5.92 Å². The van der Waals surface area contributed by atoms with Crippen LogP contribution in [0.2, 0.25) is 0 Å². The van der Waals surface area contributed by atoms with E-state index in [0.29, 0.717) is 12.2 Å². The first-order chi connectivity index (χ1) is 9.79. The molecule has 0 amide bonds. The fraction of sp³-hybridized carbons (Fsp3) is 0.438. The summed E-state index contributed by atoms with van der Waals surface area (Å²) in [5.41, 5.74) is 0. The van der Waals surface area contributed by atoms with Crippen LogP contribution in [-0.2, 0) is 4.79 Å². The molecule has 3 heterocycles. The summed E-state index contributed by atoms with van der Waals surface area (Å²) in [4.78, 5) is 12.5. The van der Waals surface area contributed by atoms with E-state index in [0.717, 1.165) is 24.4 Å². The fourth-order valence-corrected chi connectivity index (χ4v) is 3.14. The minimum atomic E-state index is 0.0392. The number of carbonyl (C=O) groups is 1. The molecule has 3 rings (SSSR count). The Morgan fingerprint density at radius 1 is 1.20 bits per heavy atom. The molecule has 0 spiro atoms. The lowest BCUT2D eigenvalue weighted by atomic mass is 9.81. The van der Waals surface area contributed by atoms with E-state index in [1.54, 1.807) is 12.5 Å². The topological polar surface area (TPSA) is 60.0 Å². The van der Waals surface area contributed by atoms with Crippen LogP contribution in [0.25, 0.3) is 0 Å². The number of ketones is 1. The van der Waals surface area contributed by atoms with Gasteiger partial charge >= 0.3 is 0 Å². The third-order valence-electron chi connectivity index (χ3n) is 4.09. The predicted octanol–water partition coefficient (Wildman–Crippen LogP) is 2.61. The van der Waals surface area contributed by atoms with E-state index in [2.05, 4.69) is 12.2 Å². The van der Waals surface area contributed by atoms with E-state index in [-0.39, 0.29) is 18.0 Å². The van der Waals surface area contributed by atoms with Crippen molar-refractivity contribution < 1.29 is 18.9 Å². The standard InChI is InChI=1S/C16H19NO3/c1-2-5-11-13(18)10-12(14-6-3-8-19-14)17-16(11)15-7-4-9-20-15/h3-4,6-9,11-12,16-17H,2,5,10H2,1H3/p+1/t11-,12-,16+/m0/s1. The summed E-state index contributed by atoms with van der Waals surface area (Å²) in [6.07, 6.45) is 5.79. The van der Waals surface area contributed by atoms with E-state index < -0.39 is 0 Å². The molecule has 0 radical (unpaired) electrons. The molecule has 2 aromatic rings. The molecular weight excluding hydrogens is 254 g/mol. The number of quaternary nitrogens is 1. The van der Waals surface area contributed by atoms with Gasteiger partial charge < -0.3 is 14.2 Å². The van der Waals surface area contributed by atoms with Crippen molar-refractivity contribution in [3.63, 3.8) is 0 Å². The lowest BCUT2D eigenvalue weighted by Gasteiger charge is -2.31. The number of furan rings is 2. The Kier molecular flexibility index (Phi) is 3.74. The quantitative estimate of drug-likeness (QED) is 0.932. The summed E-state index contributed by atoms with van der Waals surface area (Å²) >= 11 is 0. The second-order valence-corrected chi connectivity index (χ2v) is 5.42. The van der Waals surface area contributed by atoms with Crippen LogP contribution in [0.3, 0.4) is 0 Å². The number of piperidine rings is 1. The van der Waals surface area contributed by atoms with Gasteiger partial charge in [0.25, 0.3) is 0 Å².